The van der Waals surface area contributed by atoms with Gasteiger partial charge in [-0.2, -0.15) is 11.8 Å². The van der Waals surface area contributed by atoms with E-state index in [4.69, 9.17) is 17.3 Å². The molecule has 4 nitrogen and oxygen atoms in total. The van der Waals surface area contributed by atoms with Crippen molar-refractivity contribution in [2.45, 2.75) is 12.5 Å². The molecule has 2 atom stereocenters. The predicted octanol–water partition coefficient (Wildman–Crippen LogP) is 2.48. The first-order chi connectivity index (χ1) is 8.08. The lowest BCUT2D eigenvalue weighted by atomic mass is 9.95. The monoisotopic (exact) mass is 272 g/mol. The Morgan fingerprint density at radius 2 is 2.29 bits per heavy atom. The Morgan fingerprint density at radius 3 is 2.82 bits per heavy atom. The van der Waals surface area contributed by atoms with Gasteiger partial charge in [0.15, 0.2) is 0 Å². The van der Waals surface area contributed by atoms with Gasteiger partial charge >= 0.3 is 0 Å². The summed E-state index contributed by atoms with van der Waals surface area (Å²) in [4.78, 5) is 10.1. The molecule has 1 fully saturated rings. The van der Waals surface area contributed by atoms with Gasteiger partial charge in [0.05, 0.1) is 9.95 Å². The van der Waals surface area contributed by atoms with E-state index in [2.05, 4.69) is 0 Å². The Labute approximate surface area is 109 Å². The number of nitro groups is 1. The number of benzene rings is 1. The van der Waals surface area contributed by atoms with Gasteiger partial charge < -0.3 is 5.73 Å². The summed E-state index contributed by atoms with van der Waals surface area (Å²) in [6.45, 7) is 0. The Balaban J connectivity index is 2.14. The van der Waals surface area contributed by atoms with Gasteiger partial charge in [-0.15, -0.1) is 0 Å². The molecule has 1 heterocycles. The molecule has 1 aliphatic rings. The summed E-state index contributed by atoms with van der Waals surface area (Å²) >= 11 is 7.89. The van der Waals surface area contributed by atoms with Crippen LogP contribution in [0.15, 0.2) is 18.2 Å². The molecule has 1 saturated heterocycles. The smallest absolute Gasteiger partial charge is 0.270 e. The summed E-state index contributed by atoms with van der Waals surface area (Å²) in [5.74, 6) is 2.43. The molecule has 1 aromatic carbocycles. The van der Waals surface area contributed by atoms with Crippen molar-refractivity contribution >= 4 is 29.1 Å². The lowest BCUT2D eigenvalue weighted by Gasteiger charge is -2.14. The maximum Gasteiger partial charge on any atom is 0.270 e. The fraction of sp³-hybridized carbons (Fsp3) is 0.455. The molecular weight excluding hydrogens is 260 g/mol. The minimum Gasteiger partial charge on any atom is -0.327 e. The fourth-order valence-electron chi connectivity index (χ4n) is 1.92. The van der Waals surface area contributed by atoms with E-state index in [9.17, 15) is 10.1 Å². The standard InChI is InChI=1S/C11H13ClN2O2S/c12-10-4-9(14(15)16)2-1-7(10)3-8-5-17-6-11(8)13/h1-2,4,8,11H,3,5-6,13H2. The number of nitro benzene ring substituents is 1. The lowest BCUT2D eigenvalue weighted by Crippen LogP contribution is -2.29. The normalized spacial score (nSPS) is 23.9. The third kappa shape index (κ3) is 2.91. The van der Waals surface area contributed by atoms with Crippen molar-refractivity contribution in [1.82, 2.24) is 0 Å². The molecule has 17 heavy (non-hydrogen) atoms. The van der Waals surface area contributed by atoms with Crippen LogP contribution in [0.4, 0.5) is 5.69 Å². The first-order valence-electron chi connectivity index (χ1n) is 5.34. The van der Waals surface area contributed by atoms with Gasteiger partial charge in [-0.25, -0.2) is 0 Å². The summed E-state index contributed by atoms with van der Waals surface area (Å²) in [6.07, 6.45) is 0.797. The van der Waals surface area contributed by atoms with Crippen molar-refractivity contribution < 1.29 is 4.92 Å². The molecule has 2 rings (SSSR count). The second-order valence-corrected chi connectivity index (χ2v) is 5.68. The van der Waals surface area contributed by atoms with E-state index in [-0.39, 0.29) is 11.7 Å². The van der Waals surface area contributed by atoms with E-state index in [1.807, 2.05) is 11.8 Å². The number of nitrogens with zero attached hydrogens (tertiary/aromatic N) is 1. The van der Waals surface area contributed by atoms with Crippen molar-refractivity contribution in [2.24, 2.45) is 11.7 Å². The molecule has 92 valence electrons. The zero-order valence-electron chi connectivity index (χ0n) is 9.14. The van der Waals surface area contributed by atoms with Crippen molar-refractivity contribution in [2.75, 3.05) is 11.5 Å². The molecule has 0 aromatic heterocycles. The van der Waals surface area contributed by atoms with E-state index in [0.717, 1.165) is 23.5 Å². The Hall–Kier alpha value is -0.780. The summed E-state index contributed by atoms with van der Waals surface area (Å²) in [6, 6.07) is 4.83. The lowest BCUT2D eigenvalue weighted by molar-refractivity contribution is -0.384. The van der Waals surface area contributed by atoms with Crippen LogP contribution < -0.4 is 5.73 Å². The highest BCUT2D eigenvalue weighted by atomic mass is 35.5. The van der Waals surface area contributed by atoms with Crippen LogP contribution in [0.5, 0.6) is 0 Å². The minimum atomic E-state index is -0.438. The van der Waals surface area contributed by atoms with Gasteiger partial charge in [-0.3, -0.25) is 10.1 Å². The van der Waals surface area contributed by atoms with Crippen LogP contribution in [0.1, 0.15) is 5.56 Å². The van der Waals surface area contributed by atoms with E-state index >= 15 is 0 Å². The number of non-ortho nitro benzene ring substituents is 1. The Kier molecular flexibility index (Phi) is 3.91. The molecule has 1 aromatic rings. The fourth-order valence-corrected chi connectivity index (χ4v) is 3.52. The Morgan fingerprint density at radius 1 is 1.53 bits per heavy atom. The van der Waals surface area contributed by atoms with Crippen LogP contribution in [0, 0.1) is 16.0 Å². The predicted molar refractivity (Wildman–Crippen MR) is 70.6 cm³/mol. The average Bonchev–Trinajstić information content (AvgIpc) is 2.67. The number of hydrogen-bond donors (Lipinski definition) is 1. The van der Waals surface area contributed by atoms with Crippen LogP contribution in [0.3, 0.4) is 0 Å². The zero-order chi connectivity index (χ0) is 12.4. The molecule has 1 aliphatic heterocycles. The maximum atomic E-state index is 10.6. The van der Waals surface area contributed by atoms with E-state index in [1.165, 1.54) is 12.1 Å². The number of hydrogen-bond acceptors (Lipinski definition) is 4. The van der Waals surface area contributed by atoms with Crippen molar-refractivity contribution in [3.8, 4) is 0 Å². The van der Waals surface area contributed by atoms with Gasteiger partial charge in [-0.05, 0) is 23.7 Å². The second kappa shape index (κ2) is 5.25. The van der Waals surface area contributed by atoms with Gasteiger partial charge in [0.25, 0.3) is 5.69 Å². The second-order valence-electron chi connectivity index (χ2n) is 4.20. The third-order valence-electron chi connectivity index (χ3n) is 2.98. The molecule has 0 saturated carbocycles. The average molecular weight is 273 g/mol. The van der Waals surface area contributed by atoms with E-state index in [0.29, 0.717) is 10.9 Å². The maximum absolute atomic E-state index is 10.6. The molecule has 6 heteroatoms. The van der Waals surface area contributed by atoms with Gasteiger partial charge in [0.1, 0.15) is 0 Å². The van der Waals surface area contributed by atoms with Crippen LogP contribution in [-0.2, 0) is 6.42 Å². The van der Waals surface area contributed by atoms with Crippen LogP contribution >= 0.6 is 23.4 Å². The van der Waals surface area contributed by atoms with Crippen molar-refractivity contribution in [3.05, 3.63) is 38.9 Å². The van der Waals surface area contributed by atoms with Crippen LogP contribution in [0.2, 0.25) is 5.02 Å². The third-order valence-corrected chi connectivity index (χ3v) is 4.61. The van der Waals surface area contributed by atoms with Crippen molar-refractivity contribution in [1.29, 1.82) is 0 Å². The SMILES string of the molecule is NC1CSCC1Cc1ccc([N+](=O)[O-])cc1Cl. The zero-order valence-corrected chi connectivity index (χ0v) is 10.7. The molecule has 2 N–H and O–H groups in total. The summed E-state index contributed by atoms with van der Waals surface area (Å²) in [7, 11) is 0. The van der Waals surface area contributed by atoms with Gasteiger partial charge in [0, 0.05) is 23.9 Å². The van der Waals surface area contributed by atoms with E-state index in [1.54, 1.807) is 6.07 Å². The first kappa shape index (κ1) is 12.7. The molecular formula is C11H13ClN2O2S. The van der Waals surface area contributed by atoms with Crippen molar-refractivity contribution in [3.63, 3.8) is 0 Å². The topological polar surface area (TPSA) is 69.2 Å². The number of nitrogens with two attached hydrogens (primary N) is 1. The summed E-state index contributed by atoms with van der Waals surface area (Å²) < 4.78 is 0. The molecule has 0 spiro atoms. The molecule has 0 amide bonds. The summed E-state index contributed by atoms with van der Waals surface area (Å²) in [5.41, 5.74) is 6.96. The van der Waals surface area contributed by atoms with Gasteiger partial charge in [-0.1, -0.05) is 17.7 Å². The van der Waals surface area contributed by atoms with Crippen LogP contribution in [-0.4, -0.2) is 22.5 Å². The summed E-state index contributed by atoms with van der Waals surface area (Å²) in [5, 5.41) is 11.0. The first-order valence-corrected chi connectivity index (χ1v) is 6.87. The highest BCUT2D eigenvalue weighted by Gasteiger charge is 2.25. The van der Waals surface area contributed by atoms with Gasteiger partial charge in [0.2, 0.25) is 0 Å². The molecule has 0 aliphatic carbocycles. The highest BCUT2D eigenvalue weighted by molar-refractivity contribution is 7.99. The molecule has 0 bridgehead atoms. The number of rotatable bonds is 3. The minimum absolute atomic E-state index is 0.0313. The quantitative estimate of drug-likeness (QED) is 0.678. The number of thioether (sulfide) groups is 1. The molecule has 0 radical (unpaired) electrons. The number of halogens is 1. The largest absolute Gasteiger partial charge is 0.327 e. The van der Waals surface area contributed by atoms with E-state index < -0.39 is 4.92 Å². The Bertz CT molecular complexity index is 441. The highest BCUT2D eigenvalue weighted by Crippen LogP contribution is 2.30. The van der Waals surface area contributed by atoms with Crippen LogP contribution in [0.25, 0.3) is 0 Å². The molecule has 2 unspecified atom stereocenters.